The molecule has 29 heavy (non-hydrogen) atoms. The van der Waals surface area contributed by atoms with Gasteiger partial charge >= 0.3 is 12.0 Å². The molecular formula is C19H25F2N3O5. The van der Waals surface area contributed by atoms with Crippen LogP contribution in [0.5, 0.6) is 0 Å². The lowest BCUT2D eigenvalue weighted by Crippen LogP contribution is -2.48. The molecule has 0 spiro atoms. The van der Waals surface area contributed by atoms with Crippen LogP contribution in [0.4, 0.5) is 13.6 Å². The molecule has 0 heterocycles. The molecule has 3 N–H and O–H groups in total. The fourth-order valence-corrected chi connectivity index (χ4v) is 2.18. The van der Waals surface area contributed by atoms with Gasteiger partial charge in [0.25, 0.3) is 11.8 Å². The minimum atomic E-state index is -1.26. The summed E-state index contributed by atoms with van der Waals surface area (Å²) in [5, 5.41) is 6.71. The highest BCUT2D eigenvalue weighted by atomic mass is 19.1. The lowest BCUT2D eigenvalue weighted by Gasteiger charge is -2.21. The number of nitrogens with one attached hydrogen (secondary N) is 3. The van der Waals surface area contributed by atoms with Crippen LogP contribution < -0.4 is 16.0 Å². The molecule has 0 saturated carbocycles. The minimum Gasteiger partial charge on any atom is -0.454 e. The molecule has 4 amide bonds. The van der Waals surface area contributed by atoms with Gasteiger partial charge in [0.1, 0.15) is 23.2 Å². The van der Waals surface area contributed by atoms with E-state index in [2.05, 4.69) is 10.6 Å². The highest BCUT2D eigenvalue weighted by Gasteiger charge is 2.29. The van der Waals surface area contributed by atoms with Crippen molar-refractivity contribution in [2.24, 2.45) is 5.92 Å². The number of carbonyl (C=O) groups is 4. The number of hydrogen-bond acceptors (Lipinski definition) is 5. The van der Waals surface area contributed by atoms with E-state index in [9.17, 15) is 28.0 Å². The molecule has 8 nitrogen and oxygen atoms in total. The highest BCUT2D eigenvalue weighted by Crippen LogP contribution is 2.13. The Kier molecular flexibility index (Phi) is 9.17. The van der Waals surface area contributed by atoms with Crippen molar-refractivity contribution in [3.8, 4) is 0 Å². The number of hydrogen-bond donors (Lipinski definition) is 3. The molecule has 0 aliphatic carbocycles. The maximum Gasteiger partial charge on any atom is 0.329 e. The zero-order chi connectivity index (χ0) is 22.1. The van der Waals surface area contributed by atoms with E-state index in [0.717, 1.165) is 18.2 Å². The maximum atomic E-state index is 13.7. The Labute approximate surface area is 167 Å². The smallest absolute Gasteiger partial charge is 0.329 e. The molecule has 0 aliphatic heterocycles. The fraction of sp³-hybridized carbons (Fsp3) is 0.474. The molecule has 0 radical (unpaired) electrons. The SMILES string of the molecule is CC[C@@H](C)NC(=O)NC(=O)COC(=O)[C@@H](NC(=O)c1c(F)cccc1F)C(C)C. The second kappa shape index (κ2) is 11.1. The van der Waals surface area contributed by atoms with Gasteiger partial charge in [-0.25, -0.2) is 18.4 Å². The minimum absolute atomic E-state index is 0.148. The summed E-state index contributed by atoms with van der Waals surface area (Å²) < 4.78 is 32.3. The van der Waals surface area contributed by atoms with E-state index in [-0.39, 0.29) is 6.04 Å². The van der Waals surface area contributed by atoms with E-state index in [1.807, 2.05) is 12.2 Å². The van der Waals surface area contributed by atoms with Gasteiger partial charge in [-0.1, -0.05) is 26.8 Å². The Morgan fingerprint density at radius 1 is 1.03 bits per heavy atom. The molecule has 1 rings (SSSR count). The molecule has 160 valence electrons. The van der Waals surface area contributed by atoms with E-state index >= 15 is 0 Å². The van der Waals surface area contributed by atoms with Crippen LogP contribution in [0.15, 0.2) is 18.2 Å². The van der Waals surface area contributed by atoms with E-state index in [0.29, 0.717) is 6.42 Å². The number of urea groups is 1. The summed E-state index contributed by atoms with van der Waals surface area (Å²) in [7, 11) is 0. The Bertz CT molecular complexity index is 750. The average Bonchev–Trinajstić information content (AvgIpc) is 2.63. The number of halogens is 2. The van der Waals surface area contributed by atoms with Crippen molar-refractivity contribution < 1.29 is 32.7 Å². The molecule has 0 fully saturated rings. The Morgan fingerprint density at radius 2 is 1.62 bits per heavy atom. The molecule has 0 saturated heterocycles. The van der Waals surface area contributed by atoms with Crippen LogP contribution in [0.2, 0.25) is 0 Å². The lowest BCUT2D eigenvalue weighted by molar-refractivity contribution is -0.151. The number of benzene rings is 1. The van der Waals surface area contributed by atoms with Gasteiger partial charge in [0.15, 0.2) is 6.61 Å². The topological polar surface area (TPSA) is 114 Å². The summed E-state index contributed by atoms with van der Waals surface area (Å²) in [5.41, 5.74) is -0.828. The normalized spacial score (nSPS) is 12.7. The third-order valence-corrected chi connectivity index (χ3v) is 3.99. The number of rotatable bonds is 8. The van der Waals surface area contributed by atoms with E-state index < -0.39 is 59.6 Å². The standard InChI is InChI=1S/C19H25F2N3O5/c1-5-11(4)22-19(28)23-14(25)9-29-18(27)16(10(2)3)24-17(26)15-12(20)7-6-8-13(15)21/h6-8,10-11,16H,5,9H2,1-4H3,(H,24,26)(H2,22,23,25,28)/t11-,16+/m1/s1. The number of ether oxygens (including phenoxy) is 1. The molecule has 2 atom stereocenters. The molecule has 1 aromatic rings. The van der Waals surface area contributed by atoms with Crippen LogP contribution >= 0.6 is 0 Å². The molecule has 10 heteroatoms. The van der Waals surface area contributed by atoms with Gasteiger partial charge in [-0.15, -0.1) is 0 Å². The number of imide groups is 1. The van der Waals surface area contributed by atoms with E-state index in [1.54, 1.807) is 20.8 Å². The van der Waals surface area contributed by atoms with Crippen LogP contribution in [-0.4, -0.2) is 42.5 Å². The first-order valence-electron chi connectivity index (χ1n) is 9.08. The summed E-state index contributed by atoms with van der Waals surface area (Å²) in [6, 6.07) is 0.786. The largest absolute Gasteiger partial charge is 0.454 e. The fourth-order valence-electron chi connectivity index (χ4n) is 2.18. The molecule has 1 aromatic carbocycles. The van der Waals surface area contributed by atoms with Crippen molar-refractivity contribution in [3.05, 3.63) is 35.4 Å². The summed E-state index contributed by atoms with van der Waals surface area (Å²) >= 11 is 0. The van der Waals surface area contributed by atoms with Crippen LogP contribution in [0.3, 0.4) is 0 Å². The van der Waals surface area contributed by atoms with Crippen molar-refractivity contribution in [1.82, 2.24) is 16.0 Å². The number of amides is 4. The molecular weight excluding hydrogens is 388 g/mol. The van der Waals surface area contributed by atoms with Crippen molar-refractivity contribution in [2.75, 3.05) is 6.61 Å². The first-order valence-corrected chi connectivity index (χ1v) is 9.08. The van der Waals surface area contributed by atoms with Gasteiger partial charge in [0.05, 0.1) is 0 Å². The first-order chi connectivity index (χ1) is 13.6. The first kappa shape index (κ1) is 24.0. The van der Waals surface area contributed by atoms with Crippen molar-refractivity contribution in [1.29, 1.82) is 0 Å². The van der Waals surface area contributed by atoms with Crippen molar-refractivity contribution in [3.63, 3.8) is 0 Å². The summed E-state index contributed by atoms with van der Waals surface area (Å²) in [5.74, 6) is -5.64. The average molecular weight is 413 g/mol. The molecule has 0 aliphatic rings. The van der Waals surface area contributed by atoms with Gasteiger partial charge in [0, 0.05) is 6.04 Å². The van der Waals surface area contributed by atoms with Gasteiger partial charge in [-0.3, -0.25) is 14.9 Å². The summed E-state index contributed by atoms with van der Waals surface area (Å²) in [6.45, 7) is 5.98. The monoisotopic (exact) mass is 413 g/mol. The number of carbonyl (C=O) groups excluding carboxylic acids is 4. The third-order valence-electron chi connectivity index (χ3n) is 3.99. The second-order valence-corrected chi connectivity index (χ2v) is 6.73. The molecule has 0 unspecified atom stereocenters. The second-order valence-electron chi connectivity index (χ2n) is 6.73. The maximum absolute atomic E-state index is 13.7. The van der Waals surface area contributed by atoms with Crippen LogP contribution in [0.1, 0.15) is 44.5 Å². The predicted molar refractivity (Wildman–Crippen MR) is 99.8 cm³/mol. The number of esters is 1. The molecule has 0 bridgehead atoms. The summed E-state index contributed by atoms with van der Waals surface area (Å²) in [6.07, 6.45) is 0.662. The van der Waals surface area contributed by atoms with Gasteiger partial charge in [-0.05, 0) is 31.4 Å². The Hall–Kier alpha value is -3.04. The van der Waals surface area contributed by atoms with Crippen LogP contribution in [-0.2, 0) is 14.3 Å². The van der Waals surface area contributed by atoms with Crippen LogP contribution in [0.25, 0.3) is 0 Å². The third kappa shape index (κ3) is 7.47. The zero-order valence-electron chi connectivity index (χ0n) is 16.7. The summed E-state index contributed by atoms with van der Waals surface area (Å²) in [4.78, 5) is 47.7. The lowest BCUT2D eigenvalue weighted by atomic mass is 10.0. The van der Waals surface area contributed by atoms with E-state index in [1.165, 1.54) is 0 Å². The predicted octanol–water partition coefficient (Wildman–Crippen LogP) is 1.89. The van der Waals surface area contributed by atoms with E-state index in [4.69, 9.17) is 4.74 Å². The zero-order valence-corrected chi connectivity index (χ0v) is 16.7. The highest BCUT2D eigenvalue weighted by molar-refractivity contribution is 5.98. The van der Waals surface area contributed by atoms with Gasteiger partial charge < -0.3 is 15.4 Å². The van der Waals surface area contributed by atoms with Gasteiger partial charge in [-0.2, -0.15) is 0 Å². The van der Waals surface area contributed by atoms with Crippen LogP contribution in [0, 0.1) is 17.6 Å². The molecule has 0 aromatic heterocycles. The van der Waals surface area contributed by atoms with Gasteiger partial charge in [0.2, 0.25) is 0 Å². The van der Waals surface area contributed by atoms with Crippen molar-refractivity contribution in [2.45, 2.75) is 46.2 Å². The Morgan fingerprint density at radius 3 is 2.14 bits per heavy atom. The quantitative estimate of drug-likeness (QED) is 0.563. The Balaban J connectivity index is 2.68. The van der Waals surface area contributed by atoms with Crippen molar-refractivity contribution >= 4 is 23.8 Å².